The second-order valence-electron chi connectivity index (χ2n) is 2.16. The van der Waals surface area contributed by atoms with Gasteiger partial charge in [0.15, 0.2) is 0 Å². The van der Waals surface area contributed by atoms with E-state index in [9.17, 15) is 8.42 Å². The lowest BCUT2D eigenvalue weighted by molar-refractivity contribution is 0.168. The number of aliphatic hydroxyl groups is 1. The first kappa shape index (κ1) is 11.8. The van der Waals surface area contributed by atoms with Crippen LogP contribution in [0.4, 0.5) is 0 Å². The Labute approximate surface area is 72.1 Å². The summed E-state index contributed by atoms with van der Waals surface area (Å²) >= 11 is 0. The summed E-state index contributed by atoms with van der Waals surface area (Å²) < 4.78 is 27.2. The van der Waals surface area contributed by atoms with Crippen molar-refractivity contribution in [1.82, 2.24) is 4.31 Å². The van der Waals surface area contributed by atoms with E-state index in [1.165, 1.54) is 7.11 Å². The average molecular weight is 198 g/mol. The summed E-state index contributed by atoms with van der Waals surface area (Å²) in [6.45, 7) is 0.175. The van der Waals surface area contributed by atoms with E-state index in [1.54, 1.807) is 0 Å². The summed E-state index contributed by atoms with van der Waals surface area (Å²) in [5.41, 5.74) is 0. The van der Waals surface area contributed by atoms with Gasteiger partial charge < -0.3 is 9.84 Å². The van der Waals surface area contributed by atoms with Crippen molar-refractivity contribution >= 4 is 10.2 Å². The van der Waals surface area contributed by atoms with Crippen molar-refractivity contribution < 1.29 is 18.3 Å². The molecule has 0 aliphatic rings. The summed E-state index contributed by atoms with van der Waals surface area (Å²) in [6.07, 6.45) is 0. The summed E-state index contributed by atoms with van der Waals surface area (Å²) in [5.74, 6) is 0. The summed E-state index contributed by atoms with van der Waals surface area (Å²) in [6, 6.07) is 0. The van der Waals surface area contributed by atoms with Crippen molar-refractivity contribution in [2.75, 3.05) is 33.4 Å². The van der Waals surface area contributed by atoms with Crippen LogP contribution in [0.1, 0.15) is 0 Å². The molecule has 0 bridgehead atoms. The minimum Gasteiger partial charge on any atom is -0.395 e. The molecule has 0 fully saturated rings. The van der Waals surface area contributed by atoms with Gasteiger partial charge in [0, 0.05) is 20.2 Å². The monoisotopic (exact) mass is 198 g/mol. The number of nitrogens with zero attached hydrogens (tertiary/aromatic N) is 1. The molecular formula is C5H14N2O4S. The first-order valence-corrected chi connectivity index (χ1v) is 4.90. The molecule has 0 amide bonds. The predicted molar refractivity (Wildman–Crippen MR) is 43.6 cm³/mol. The highest BCUT2D eigenvalue weighted by Crippen LogP contribution is 1.92. The van der Waals surface area contributed by atoms with Crippen LogP contribution < -0.4 is 5.14 Å². The Morgan fingerprint density at radius 3 is 2.42 bits per heavy atom. The molecule has 7 heteroatoms. The molecule has 0 saturated heterocycles. The van der Waals surface area contributed by atoms with E-state index in [-0.39, 0.29) is 26.3 Å². The van der Waals surface area contributed by atoms with Gasteiger partial charge in [0.2, 0.25) is 0 Å². The Balaban J connectivity index is 4.05. The fourth-order valence-corrected chi connectivity index (χ4v) is 1.34. The van der Waals surface area contributed by atoms with E-state index in [2.05, 4.69) is 4.74 Å². The third-order valence-electron chi connectivity index (χ3n) is 1.25. The number of hydrogen-bond acceptors (Lipinski definition) is 4. The van der Waals surface area contributed by atoms with E-state index in [1.807, 2.05) is 0 Å². The molecule has 0 spiro atoms. The maximum Gasteiger partial charge on any atom is 0.277 e. The molecule has 0 heterocycles. The number of rotatable bonds is 6. The van der Waals surface area contributed by atoms with Gasteiger partial charge in [-0.1, -0.05) is 0 Å². The molecule has 6 nitrogen and oxygen atoms in total. The fraction of sp³-hybridized carbons (Fsp3) is 1.00. The van der Waals surface area contributed by atoms with Crippen molar-refractivity contribution in [2.45, 2.75) is 0 Å². The Morgan fingerprint density at radius 1 is 1.50 bits per heavy atom. The van der Waals surface area contributed by atoms with Crippen molar-refractivity contribution in [3.8, 4) is 0 Å². The maximum absolute atomic E-state index is 10.8. The van der Waals surface area contributed by atoms with Crippen molar-refractivity contribution in [3.05, 3.63) is 0 Å². The van der Waals surface area contributed by atoms with Gasteiger partial charge in [-0.25, -0.2) is 5.14 Å². The highest BCUT2D eigenvalue weighted by molar-refractivity contribution is 7.86. The quantitative estimate of drug-likeness (QED) is 0.523. The highest BCUT2D eigenvalue weighted by Gasteiger charge is 2.15. The summed E-state index contributed by atoms with van der Waals surface area (Å²) in [7, 11) is -2.25. The van der Waals surface area contributed by atoms with Crippen LogP contribution in [-0.4, -0.2) is 51.2 Å². The zero-order chi connectivity index (χ0) is 9.61. The smallest absolute Gasteiger partial charge is 0.277 e. The molecular weight excluding hydrogens is 184 g/mol. The second-order valence-corrected chi connectivity index (χ2v) is 3.71. The predicted octanol–water partition coefficient (Wildman–Crippen LogP) is -1.87. The molecule has 0 unspecified atom stereocenters. The minimum atomic E-state index is -3.71. The SMILES string of the molecule is COCCN(CCO)S(N)(=O)=O. The number of methoxy groups -OCH3 is 1. The molecule has 0 aliphatic carbocycles. The third-order valence-corrected chi connectivity index (χ3v) is 2.34. The second kappa shape index (κ2) is 5.44. The van der Waals surface area contributed by atoms with Gasteiger partial charge in [-0.2, -0.15) is 12.7 Å². The van der Waals surface area contributed by atoms with Crippen LogP contribution in [-0.2, 0) is 14.9 Å². The lowest BCUT2D eigenvalue weighted by Crippen LogP contribution is -2.40. The van der Waals surface area contributed by atoms with Gasteiger partial charge in [-0.3, -0.25) is 0 Å². The lowest BCUT2D eigenvalue weighted by Gasteiger charge is -2.17. The summed E-state index contributed by atoms with van der Waals surface area (Å²) in [4.78, 5) is 0. The molecule has 12 heavy (non-hydrogen) atoms. The molecule has 0 radical (unpaired) electrons. The van der Waals surface area contributed by atoms with Crippen molar-refractivity contribution in [3.63, 3.8) is 0 Å². The summed E-state index contributed by atoms with van der Waals surface area (Å²) in [5, 5.41) is 13.3. The minimum absolute atomic E-state index is 0.00218. The average Bonchev–Trinajstić information content (AvgIpc) is 1.95. The normalized spacial score (nSPS) is 12.3. The Bertz CT molecular complexity index is 203. The first-order chi connectivity index (χ1) is 5.52. The first-order valence-electron chi connectivity index (χ1n) is 3.40. The van der Waals surface area contributed by atoms with Gasteiger partial charge in [-0.15, -0.1) is 0 Å². The Kier molecular flexibility index (Phi) is 5.34. The standard InChI is InChI=1S/C5H14N2O4S/c1-11-5-3-7(2-4-8)12(6,9)10/h8H,2-5H2,1H3,(H2,6,9,10). The van der Waals surface area contributed by atoms with Gasteiger partial charge in [0.1, 0.15) is 0 Å². The topological polar surface area (TPSA) is 92.9 Å². The van der Waals surface area contributed by atoms with Gasteiger partial charge in [0.25, 0.3) is 10.2 Å². The number of aliphatic hydroxyl groups excluding tert-OH is 1. The zero-order valence-corrected chi connectivity index (χ0v) is 7.75. The number of hydrogen-bond donors (Lipinski definition) is 2. The van der Waals surface area contributed by atoms with Crippen LogP contribution in [0.3, 0.4) is 0 Å². The van der Waals surface area contributed by atoms with Crippen LogP contribution in [0.25, 0.3) is 0 Å². The molecule has 0 atom stereocenters. The van der Waals surface area contributed by atoms with Crippen molar-refractivity contribution in [2.24, 2.45) is 5.14 Å². The van der Waals surface area contributed by atoms with E-state index in [0.29, 0.717) is 0 Å². The molecule has 3 N–H and O–H groups in total. The highest BCUT2D eigenvalue weighted by atomic mass is 32.2. The molecule has 74 valence electrons. The van der Waals surface area contributed by atoms with E-state index in [4.69, 9.17) is 10.2 Å². The van der Waals surface area contributed by atoms with Crippen LogP contribution in [0.2, 0.25) is 0 Å². The van der Waals surface area contributed by atoms with Gasteiger partial charge in [-0.05, 0) is 0 Å². The fourth-order valence-electron chi connectivity index (χ4n) is 0.671. The van der Waals surface area contributed by atoms with E-state index in [0.717, 1.165) is 4.31 Å². The number of ether oxygens (including phenoxy) is 1. The molecule has 0 saturated carbocycles. The molecule has 0 aromatic carbocycles. The molecule has 0 aromatic rings. The van der Waals surface area contributed by atoms with Gasteiger partial charge >= 0.3 is 0 Å². The third kappa shape index (κ3) is 4.62. The largest absolute Gasteiger partial charge is 0.395 e. The Hall–Kier alpha value is -0.210. The number of nitrogens with two attached hydrogens (primary N) is 1. The molecule has 0 rings (SSSR count). The molecule has 0 aliphatic heterocycles. The Morgan fingerprint density at radius 2 is 2.08 bits per heavy atom. The lowest BCUT2D eigenvalue weighted by atomic mass is 10.6. The van der Waals surface area contributed by atoms with Crippen LogP contribution in [0, 0.1) is 0 Å². The maximum atomic E-state index is 10.8. The van der Waals surface area contributed by atoms with Crippen LogP contribution >= 0.6 is 0 Å². The van der Waals surface area contributed by atoms with Crippen LogP contribution in [0.5, 0.6) is 0 Å². The van der Waals surface area contributed by atoms with Gasteiger partial charge in [0.05, 0.1) is 13.2 Å². The van der Waals surface area contributed by atoms with Crippen LogP contribution in [0.15, 0.2) is 0 Å². The van der Waals surface area contributed by atoms with E-state index < -0.39 is 10.2 Å². The zero-order valence-electron chi connectivity index (χ0n) is 6.93. The van der Waals surface area contributed by atoms with E-state index >= 15 is 0 Å². The molecule has 0 aromatic heterocycles. The van der Waals surface area contributed by atoms with Crippen molar-refractivity contribution in [1.29, 1.82) is 0 Å².